The van der Waals surface area contributed by atoms with Crippen LogP contribution in [0.1, 0.15) is 34.5 Å². The molecule has 1 unspecified atom stereocenters. The molecule has 0 bridgehead atoms. The van der Waals surface area contributed by atoms with Crippen molar-refractivity contribution in [2.75, 3.05) is 0 Å². The zero-order valence-electron chi connectivity index (χ0n) is 11.5. The molecule has 0 aromatic heterocycles. The normalized spacial score (nSPS) is 11.6. The predicted octanol–water partition coefficient (Wildman–Crippen LogP) is 4.50. The average molecular weight is 337 g/mol. The molecule has 0 saturated carbocycles. The first kappa shape index (κ1) is 16.3. The van der Waals surface area contributed by atoms with Crippen LogP contribution >= 0.6 is 23.2 Å². The Balaban J connectivity index is 2.21. The third kappa shape index (κ3) is 3.56. The van der Waals surface area contributed by atoms with Crippen LogP contribution in [0.2, 0.25) is 10.0 Å². The fourth-order valence-corrected chi connectivity index (χ4v) is 2.50. The Labute approximate surface area is 137 Å². The van der Waals surface area contributed by atoms with Gasteiger partial charge in [0.1, 0.15) is 5.82 Å². The molecule has 2 aromatic rings. The van der Waals surface area contributed by atoms with Gasteiger partial charge in [0.25, 0.3) is 5.91 Å². The lowest BCUT2D eigenvalue weighted by atomic mass is 10.1. The second kappa shape index (κ2) is 6.78. The molecule has 112 valence electrons. The molecule has 0 fully saturated rings. The lowest BCUT2D eigenvalue weighted by molar-refractivity contribution is 0.0940. The smallest absolute Gasteiger partial charge is 0.251 e. The standard InChI is InChI=1S/C16H11Cl2FN2O/c1-9(12-6-15(19)14(18)7-13(12)17)21-16(22)11-4-2-3-10(5-11)8-20/h2-7,9H,1H3,(H,21,22). The van der Waals surface area contributed by atoms with Crippen LogP contribution in [-0.2, 0) is 0 Å². The number of halogens is 3. The highest BCUT2D eigenvalue weighted by Gasteiger charge is 2.16. The van der Waals surface area contributed by atoms with E-state index < -0.39 is 11.9 Å². The Hall–Kier alpha value is -2.09. The lowest BCUT2D eigenvalue weighted by Crippen LogP contribution is -2.27. The second-order valence-electron chi connectivity index (χ2n) is 4.68. The average Bonchev–Trinajstić information content (AvgIpc) is 2.50. The van der Waals surface area contributed by atoms with E-state index in [1.807, 2.05) is 6.07 Å². The summed E-state index contributed by atoms with van der Waals surface area (Å²) in [4.78, 5) is 12.2. The third-order valence-electron chi connectivity index (χ3n) is 3.11. The zero-order chi connectivity index (χ0) is 16.3. The molecule has 1 amide bonds. The van der Waals surface area contributed by atoms with Crippen LogP contribution in [0.25, 0.3) is 0 Å². The molecule has 0 spiro atoms. The van der Waals surface area contributed by atoms with E-state index in [1.165, 1.54) is 18.2 Å². The van der Waals surface area contributed by atoms with Crippen LogP contribution in [0.3, 0.4) is 0 Å². The second-order valence-corrected chi connectivity index (χ2v) is 5.49. The van der Waals surface area contributed by atoms with Crippen molar-refractivity contribution >= 4 is 29.1 Å². The van der Waals surface area contributed by atoms with Crippen LogP contribution in [0.5, 0.6) is 0 Å². The highest BCUT2D eigenvalue weighted by molar-refractivity contribution is 6.35. The van der Waals surface area contributed by atoms with Crippen molar-refractivity contribution < 1.29 is 9.18 Å². The van der Waals surface area contributed by atoms with Gasteiger partial charge in [-0.25, -0.2) is 4.39 Å². The first-order chi connectivity index (χ1) is 10.4. The summed E-state index contributed by atoms with van der Waals surface area (Å²) in [5.41, 5.74) is 1.15. The number of rotatable bonds is 3. The minimum absolute atomic E-state index is 0.0750. The molecule has 0 radical (unpaired) electrons. The van der Waals surface area contributed by atoms with E-state index in [4.69, 9.17) is 28.5 Å². The van der Waals surface area contributed by atoms with Crippen molar-refractivity contribution in [1.29, 1.82) is 5.26 Å². The van der Waals surface area contributed by atoms with Crippen molar-refractivity contribution in [2.24, 2.45) is 0 Å². The number of hydrogen-bond acceptors (Lipinski definition) is 2. The van der Waals surface area contributed by atoms with Crippen molar-refractivity contribution in [3.05, 3.63) is 69.0 Å². The fraction of sp³-hybridized carbons (Fsp3) is 0.125. The van der Waals surface area contributed by atoms with E-state index in [9.17, 15) is 9.18 Å². The van der Waals surface area contributed by atoms with Gasteiger partial charge in [0.15, 0.2) is 0 Å². The molecule has 2 rings (SSSR count). The molecule has 0 aliphatic rings. The summed E-state index contributed by atoms with van der Waals surface area (Å²) in [5.74, 6) is -0.982. The number of carbonyl (C=O) groups is 1. The highest BCUT2D eigenvalue weighted by atomic mass is 35.5. The van der Waals surface area contributed by atoms with E-state index in [0.717, 1.165) is 0 Å². The number of benzene rings is 2. The van der Waals surface area contributed by atoms with Gasteiger partial charge in [-0.05, 0) is 42.8 Å². The van der Waals surface area contributed by atoms with Crippen LogP contribution in [0.4, 0.5) is 4.39 Å². The first-order valence-electron chi connectivity index (χ1n) is 6.38. The van der Waals surface area contributed by atoms with Crippen molar-refractivity contribution in [3.63, 3.8) is 0 Å². The predicted molar refractivity (Wildman–Crippen MR) is 83.5 cm³/mol. The first-order valence-corrected chi connectivity index (χ1v) is 7.13. The molecule has 22 heavy (non-hydrogen) atoms. The van der Waals surface area contributed by atoms with Gasteiger partial charge in [-0.2, -0.15) is 5.26 Å². The van der Waals surface area contributed by atoms with Crippen LogP contribution < -0.4 is 5.32 Å². The summed E-state index contributed by atoms with van der Waals surface area (Å²) in [5, 5.41) is 11.7. The van der Waals surface area contributed by atoms with Gasteiger partial charge in [-0.1, -0.05) is 29.3 Å². The topological polar surface area (TPSA) is 52.9 Å². The molecule has 2 aromatic carbocycles. The van der Waals surface area contributed by atoms with E-state index in [2.05, 4.69) is 5.32 Å². The number of hydrogen-bond donors (Lipinski definition) is 1. The van der Waals surface area contributed by atoms with Gasteiger partial charge in [-0.15, -0.1) is 0 Å². The van der Waals surface area contributed by atoms with Gasteiger partial charge in [0.2, 0.25) is 0 Å². The molecule has 0 aliphatic carbocycles. The number of carbonyl (C=O) groups excluding carboxylic acids is 1. The molecular weight excluding hydrogens is 326 g/mol. The minimum atomic E-state index is -0.603. The number of nitrogens with zero attached hydrogens (tertiary/aromatic N) is 1. The van der Waals surface area contributed by atoms with Crippen molar-refractivity contribution in [3.8, 4) is 6.07 Å². The zero-order valence-corrected chi connectivity index (χ0v) is 13.0. The Morgan fingerprint density at radius 3 is 2.68 bits per heavy atom. The highest BCUT2D eigenvalue weighted by Crippen LogP contribution is 2.28. The SMILES string of the molecule is CC(NC(=O)c1cccc(C#N)c1)c1cc(F)c(Cl)cc1Cl. The summed E-state index contributed by atoms with van der Waals surface area (Å²) < 4.78 is 13.5. The lowest BCUT2D eigenvalue weighted by Gasteiger charge is -2.16. The number of amides is 1. The fourth-order valence-electron chi connectivity index (χ4n) is 1.96. The third-order valence-corrected chi connectivity index (χ3v) is 3.72. The molecule has 0 aliphatic heterocycles. The molecule has 1 N–H and O–H groups in total. The van der Waals surface area contributed by atoms with Gasteiger partial charge in [0.05, 0.1) is 22.7 Å². The Morgan fingerprint density at radius 2 is 2.00 bits per heavy atom. The van der Waals surface area contributed by atoms with E-state index in [-0.39, 0.29) is 16.0 Å². The van der Waals surface area contributed by atoms with Crippen molar-refractivity contribution in [1.82, 2.24) is 5.32 Å². The van der Waals surface area contributed by atoms with Crippen molar-refractivity contribution in [2.45, 2.75) is 13.0 Å². The summed E-state index contributed by atoms with van der Waals surface area (Å²) in [7, 11) is 0. The van der Waals surface area contributed by atoms with E-state index in [1.54, 1.807) is 25.1 Å². The monoisotopic (exact) mass is 336 g/mol. The maximum Gasteiger partial charge on any atom is 0.251 e. The summed E-state index contributed by atoms with van der Waals surface area (Å²) in [6, 6.07) is 10.2. The molecule has 0 saturated heterocycles. The Kier molecular flexibility index (Phi) is 5.02. The summed E-state index contributed by atoms with van der Waals surface area (Å²) >= 11 is 11.7. The molecule has 6 heteroatoms. The molecule has 3 nitrogen and oxygen atoms in total. The van der Waals surface area contributed by atoms with E-state index >= 15 is 0 Å². The molecule has 0 heterocycles. The molecule has 1 atom stereocenters. The quantitative estimate of drug-likeness (QED) is 0.839. The van der Waals surface area contributed by atoms with Gasteiger partial charge in [0, 0.05) is 10.6 Å². The Morgan fingerprint density at radius 1 is 1.27 bits per heavy atom. The maximum atomic E-state index is 13.5. The van der Waals surface area contributed by atoms with Crippen LogP contribution in [0.15, 0.2) is 36.4 Å². The summed E-state index contributed by atoms with van der Waals surface area (Å²) in [6.45, 7) is 1.68. The maximum absolute atomic E-state index is 13.5. The van der Waals surface area contributed by atoms with Gasteiger partial charge in [-0.3, -0.25) is 4.79 Å². The van der Waals surface area contributed by atoms with E-state index in [0.29, 0.717) is 16.7 Å². The summed E-state index contributed by atoms with van der Waals surface area (Å²) in [6.07, 6.45) is 0. The largest absolute Gasteiger partial charge is 0.345 e. The molecular formula is C16H11Cl2FN2O. The number of nitrogens with one attached hydrogen (secondary N) is 1. The van der Waals surface area contributed by atoms with Gasteiger partial charge >= 0.3 is 0 Å². The van der Waals surface area contributed by atoms with Crippen LogP contribution in [-0.4, -0.2) is 5.91 Å². The van der Waals surface area contributed by atoms with Gasteiger partial charge < -0.3 is 5.32 Å². The minimum Gasteiger partial charge on any atom is -0.345 e. The Bertz CT molecular complexity index is 771. The van der Waals surface area contributed by atoms with Crippen LogP contribution in [0, 0.1) is 17.1 Å². The number of nitriles is 1.